The molecule has 9 heteroatoms. The minimum atomic E-state index is -0.771. The predicted molar refractivity (Wildman–Crippen MR) is 106 cm³/mol. The van der Waals surface area contributed by atoms with E-state index in [2.05, 4.69) is 5.32 Å². The highest BCUT2D eigenvalue weighted by atomic mass is 35.5. The summed E-state index contributed by atoms with van der Waals surface area (Å²) in [4.78, 5) is 35.9. The molecule has 0 aliphatic heterocycles. The van der Waals surface area contributed by atoms with Crippen LogP contribution in [0.25, 0.3) is 0 Å². The summed E-state index contributed by atoms with van der Waals surface area (Å²) in [7, 11) is 0. The number of rotatable bonds is 8. The van der Waals surface area contributed by atoms with Crippen molar-refractivity contribution >= 4 is 58.2 Å². The number of ether oxygens (including phenoxy) is 2. The van der Waals surface area contributed by atoms with E-state index in [0.717, 1.165) is 6.20 Å². The van der Waals surface area contributed by atoms with Gasteiger partial charge in [-0.3, -0.25) is 4.79 Å². The van der Waals surface area contributed by atoms with E-state index in [-0.39, 0.29) is 38.5 Å². The van der Waals surface area contributed by atoms with Crippen molar-refractivity contribution in [3.05, 3.63) is 38.5 Å². The highest BCUT2D eigenvalue weighted by Gasteiger charge is 2.23. The van der Waals surface area contributed by atoms with Gasteiger partial charge in [0, 0.05) is 6.20 Å². The summed E-state index contributed by atoms with van der Waals surface area (Å²) in [5.41, 5.74) is -0.158. The summed E-state index contributed by atoms with van der Waals surface area (Å²) in [5.74, 6) is -2.02. The number of nitrogens with one attached hydrogen (secondary N) is 1. The number of ketones is 1. The molecule has 6 nitrogen and oxygen atoms in total. The second kappa shape index (κ2) is 10.5. The molecule has 0 aliphatic carbocycles. The lowest BCUT2D eigenvalue weighted by atomic mass is 10.1. The van der Waals surface area contributed by atoms with Gasteiger partial charge in [-0.05, 0) is 33.3 Å². The minimum Gasteiger partial charge on any atom is -0.462 e. The number of benzene rings is 1. The maximum Gasteiger partial charge on any atom is 0.343 e. The molecule has 148 valence electrons. The van der Waals surface area contributed by atoms with E-state index in [9.17, 15) is 14.4 Å². The minimum absolute atomic E-state index is 0.0469. The topological polar surface area (TPSA) is 81.7 Å². The molecule has 0 aromatic heterocycles. The molecular formula is C18H20Cl3NO5. The lowest BCUT2D eigenvalue weighted by Crippen LogP contribution is -2.16. The third-order valence-electron chi connectivity index (χ3n) is 3.11. The fraction of sp³-hybridized carbons (Fsp3) is 0.389. The molecule has 0 spiro atoms. The van der Waals surface area contributed by atoms with E-state index in [0.29, 0.717) is 6.42 Å². The van der Waals surface area contributed by atoms with E-state index in [4.69, 9.17) is 44.3 Å². The quantitative estimate of drug-likeness (QED) is 0.202. The number of halogens is 3. The molecule has 0 unspecified atom stereocenters. The van der Waals surface area contributed by atoms with Crippen LogP contribution in [0.2, 0.25) is 15.1 Å². The van der Waals surface area contributed by atoms with Crippen molar-refractivity contribution in [3.63, 3.8) is 0 Å². The number of esters is 2. The van der Waals surface area contributed by atoms with Crippen LogP contribution >= 0.6 is 34.8 Å². The zero-order valence-electron chi connectivity index (χ0n) is 15.3. The van der Waals surface area contributed by atoms with Gasteiger partial charge < -0.3 is 14.8 Å². The SMILES string of the molecule is CCCOC(=O)C(=CNc1cc(Cl)c(Cl)c(C(=O)OC(C)C)c1Cl)C(C)=O. The van der Waals surface area contributed by atoms with Crippen molar-refractivity contribution in [2.75, 3.05) is 11.9 Å². The third kappa shape index (κ3) is 6.41. The normalized spacial score (nSPS) is 11.3. The van der Waals surface area contributed by atoms with Crippen molar-refractivity contribution in [3.8, 4) is 0 Å². The van der Waals surface area contributed by atoms with Crippen LogP contribution in [0, 0.1) is 0 Å². The van der Waals surface area contributed by atoms with Crippen molar-refractivity contribution < 1.29 is 23.9 Å². The maximum atomic E-state index is 12.3. The molecule has 0 fully saturated rings. The second-order valence-electron chi connectivity index (χ2n) is 5.76. The van der Waals surface area contributed by atoms with E-state index in [1.165, 1.54) is 13.0 Å². The van der Waals surface area contributed by atoms with Crippen LogP contribution in [0.4, 0.5) is 5.69 Å². The Morgan fingerprint density at radius 3 is 2.33 bits per heavy atom. The van der Waals surface area contributed by atoms with Crippen LogP contribution in [0.3, 0.4) is 0 Å². The Bertz CT molecular complexity index is 775. The summed E-state index contributed by atoms with van der Waals surface area (Å²) < 4.78 is 10.1. The number of carbonyl (C=O) groups excluding carboxylic acids is 3. The predicted octanol–water partition coefficient (Wildman–Crippen LogP) is 5.05. The van der Waals surface area contributed by atoms with Gasteiger partial charge in [0.15, 0.2) is 5.78 Å². The molecular weight excluding hydrogens is 417 g/mol. The average molecular weight is 437 g/mol. The fourth-order valence-corrected chi connectivity index (χ4v) is 2.65. The van der Waals surface area contributed by atoms with Crippen molar-refractivity contribution in [2.45, 2.75) is 40.2 Å². The zero-order chi connectivity index (χ0) is 20.7. The Morgan fingerprint density at radius 2 is 1.81 bits per heavy atom. The Kier molecular flexibility index (Phi) is 9.09. The molecule has 0 amide bonds. The Balaban J connectivity index is 3.26. The van der Waals surface area contributed by atoms with Gasteiger partial charge in [0.05, 0.1) is 33.5 Å². The summed E-state index contributed by atoms with van der Waals surface area (Å²) in [6.07, 6.45) is 1.37. The maximum absolute atomic E-state index is 12.3. The molecule has 27 heavy (non-hydrogen) atoms. The van der Waals surface area contributed by atoms with E-state index < -0.39 is 23.8 Å². The summed E-state index contributed by atoms with van der Waals surface area (Å²) >= 11 is 18.4. The summed E-state index contributed by atoms with van der Waals surface area (Å²) in [6.45, 7) is 6.58. The molecule has 0 aliphatic rings. The van der Waals surface area contributed by atoms with Crippen LogP contribution in [-0.2, 0) is 19.1 Å². The van der Waals surface area contributed by atoms with Crippen LogP contribution in [0.1, 0.15) is 44.5 Å². The Morgan fingerprint density at radius 1 is 1.19 bits per heavy atom. The number of anilines is 1. The first-order chi connectivity index (χ1) is 12.6. The van der Waals surface area contributed by atoms with Gasteiger partial charge in [-0.1, -0.05) is 41.7 Å². The monoisotopic (exact) mass is 435 g/mol. The highest BCUT2D eigenvalue weighted by Crippen LogP contribution is 2.38. The van der Waals surface area contributed by atoms with Gasteiger partial charge in [-0.2, -0.15) is 0 Å². The Hall–Kier alpha value is -1.76. The van der Waals surface area contributed by atoms with E-state index >= 15 is 0 Å². The number of hydrogen-bond acceptors (Lipinski definition) is 6. The number of hydrogen-bond donors (Lipinski definition) is 1. The van der Waals surface area contributed by atoms with Crippen LogP contribution in [0.15, 0.2) is 17.8 Å². The average Bonchev–Trinajstić information content (AvgIpc) is 2.56. The van der Waals surface area contributed by atoms with Gasteiger partial charge >= 0.3 is 11.9 Å². The van der Waals surface area contributed by atoms with Crippen LogP contribution < -0.4 is 5.32 Å². The first-order valence-electron chi connectivity index (χ1n) is 8.13. The lowest BCUT2D eigenvalue weighted by Gasteiger charge is -2.14. The van der Waals surface area contributed by atoms with Gasteiger partial charge in [-0.15, -0.1) is 0 Å². The van der Waals surface area contributed by atoms with E-state index in [1.54, 1.807) is 13.8 Å². The molecule has 1 aromatic rings. The molecule has 1 N–H and O–H groups in total. The van der Waals surface area contributed by atoms with Gasteiger partial charge in [0.25, 0.3) is 0 Å². The van der Waals surface area contributed by atoms with Crippen molar-refractivity contribution in [2.24, 2.45) is 0 Å². The first-order valence-corrected chi connectivity index (χ1v) is 9.26. The largest absolute Gasteiger partial charge is 0.462 e. The zero-order valence-corrected chi connectivity index (χ0v) is 17.6. The molecule has 0 saturated carbocycles. The highest BCUT2D eigenvalue weighted by molar-refractivity contribution is 6.47. The third-order valence-corrected chi connectivity index (χ3v) is 4.29. The number of Topliss-reactive ketones (excluding diaryl/α,β-unsaturated/α-hetero) is 1. The molecule has 0 atom stereocenters. The molecule has 0 saturated heterocycles. The van der Waals surface area contributed by atoms with Gasteiger partial charge in [0.2, 0.25) is 0 Å². The van der Waals surface area contributed by atoms with Gasteiger partial charge in [0.1, 0.15) is 11.1 Å². The first kappa shape index (κ1) is 23.3. The molecule has 1 aromatic carbocycles. The summed E-state index contributed by atoms with van der Waals surface area (Å²) in [6, 6.07) is 1.37. The lowest BCUT2D eigenvalue weighted by molar-refractivity contribution is -0.140. The summed E-state index contributed by atoms with van der Waals surface area (Å²) in [5, 5.41) is 2.63. The smallest absolute Gasteiger partial charge is 0.343 e. The Labute approximate surface area is 172 Å². The molecule has 0 heterocycles. The van der Waals surface area contributed by atoms with Gasteiger partial charge in [-0.25, -0.2) is 9.59 Å². The van der Waals surface area contributed by atoms with Crippen LogP contribution in [0.5, 0.6) is 0 Å². The van der Waals surface area contributed by atoms with Crippen molar-refractivity contribution in [1.29, 1.82) is 0 Å². The second-order valence-corrected chi connectivity index (χ2v) is 6.92. The van der Waals surface area contributed by atoms with Crippen LogP contribution in [-0.4, -0.2) is 30.4 Å². The fourth-order valence-electron chi connectivity index (χ4n) is 1.89. The van der Waals surface area contributed by atoms with Crippen molar-refractivity contribution in [1.82, 2.24) is 0 Å². The molecule has 1 rings (SSSR count). The molecule has 0 radical (unpaired) electrons. The van der Waals surface area contributed by atoms with E-state index in [1.807, 2.05) is 6.92 Å². The number of carbonyl (C=O) groups is 3. The standard InChI is InChI=1S/C18H20Cl3NO5/c1-5-6-26-17(24)11(10(4)23)8-22-13-7-12(19)15(20)14(16(13)21)18(25)27-9(2)3/h7-9,22H,5-6H2,1-4H3. The molecule has 0 bridgehead atoms.